The summed E-state index contributed by atoms with van der Waals surface area (Å²) in [5.74, 6) is 0. The number of hydrogen-bond acceptors (Lipinski definition) is 1. The quantitative estimate of drug-likeness (QED) is 0.768. The summed E-state index contributed by atoms with van der Waals surface area (Å²) >= 11 is 5.95. The first-order valence-corrected chi connectivity index (χ1v) is 7.76. The molecule has 1 nitrogen and oxygen atoms in total. The van der Waals surface area contributed by atoms with Crippen LogP contribution in [0.1, 0.15) is 24.8 Å². The van der Waals surface area contributed by atoms with E-state index >= 15 is 0 Å². The summed E-state index contributed by atoms with van der Waals surface area (Å²) in [4.78, 5) is 2.56. The van der Waals surface area contributed by atoms with Gasteiger partial charge < -0.3 is 0 Å². The molecule has 1 aliphatic heterocycles. The van der Waals surface area contributed by atoms with Gasteiger partial charge >= 0.3 is 0 Å². The van der Waals surface area contributed by atoms with Gasteiger partial charge in [-0.05, 0) is 60.8 Å². The Balaban J connectivity index is 1.76. The second kappa shape index (κ2) is 6.43. The second-order valence-electron chi connectivity index (χ2n) is 5.54. The van der Waals surface area contributed by atoms with Crippen LogP contribution in [0.4, 0.5) is 0 Å². The summed E-state index contributed by atoms with van der Waals surface area (Å²) in [6.07, 6.45) is 4.08. The van der Waals surface area contributed by atoms with Crippen molar-refractivity contribution >= 4 is 11.6 Å². The molecule has 0 spiro atoms. The maximum atomic E-state index is 5.95. The minimum Gasteiger partial charge on any atom is -0.299 e. The lowest BCUT2D eigenvalue weighted by atomic mass is 10.0. The third-order valence-corrected chi connectivity index (χ3v) is 4.21. The molecule has 0 aromatic heterocycles. The van der Waals surface area contributed by atoms with Gasteiger partial charge in [-0.15, -0.1) is 0 Å². The number of likely N-dealkylation sites (tertiary alicyclic amines) is 1. The summed E-state index contributed by atoms with van der Waals surface area (Å²) < 4.78 is 0. The van der Waals surface area contributed by atoms with E-state index in [1.54, 1.807) is 0 Å². The number of piperidine rings is 1. The van der Waals surface area contributed by atoms with Gasteiger partial charge in [-0.1, -0.05) is 48.4 Å². The van der Waals surface area contributed by atoms with E-state index in [0.717, 1.165) is 11.6 Å². The molecule has 3 rings (SSSR count). The standard InChI is InChI=1S/C18H20ClN/c19-18-9-7-16(8-10-18)17-6-4-5-15(13-17)14-20-11-2-1-3-12-20/h4-10,13H,1-3,11-12,14H2. The maximum absolute atomic E-state index is 5.95. The molecular formula is C18H20ClN. The summed E-state index contributed by atoms with van der Waals surface area (Å²) in [7, 11) is 0. The molecule has 0 aliphatic carbocycles. The highest BCUT2D eigenvalue weighted by molar-refractivity contribution is 6.30. The molecule has 0 N–H and O–H groups in total. The topological polar surface area (TPSA) is 3.24 Å². The highest BCUT2D eigenvalue weighted by Crippen LogP contribution is 2.23. The van der Waals surface area contributed by atoms with E-state index in [2.05, 4.69) is 41.3 Å². The highest BCUT2D eigenvalue weighted by atomic mass is 35.5. The molecule has 0 bridgehead atoms. The molecule has 0 amide bonds. The van der Waals surface area contributed by atoms with E-state index in [0.29, 0.717) is 0 Å². The minimum absolute atomic E-state index is 0.790. The normalized spacial score (nSPS) is 16.2. The molecule has 2 aromatic carbocycles. The number of halogens is 1. The van der Waals surface area contributed by atoms with Crippen molar-refractivity contribution in [3.63, 3.8) is 0 Å². The van der Waals surface area contributed by atoms with Crippen LogP contribution in [0.5, 0.6) is 0 Å². The predicted octanol–water partition coefficient (Wildman–Crippen LogP) is 4.99. The smallest absolute Gasteiger partial charge is 0.0406 e. The Morgan fingerprint density at radius 3 is 2.35 bits per heavy atom. The molecule has 2 heteroatoms. The van der Waals surface area contributed by atoms with Crippen molar-refractivity contribution in [3.8, 4) is 11.1 Å². The number of hydrogen-bond donors (Lipinski definition) is 0. The zero-order valence-corrected chi connectivity index (χ0v) is 12.4. The van der Waals surface area contributed by atoms with E-state index in [4.69, 9.17) is 11.6 Å². The molecule has 20 heavy (non-hydrogen) atoms. The monoisotopic (exact) mass is 285 g/mol. The lowest BCUT2D eigenvalue weighted by Gasteiger charge is -2.26. The SMILES string of the molecule is Clc1ccc(-c2cccc(CN3CCCCC3)c2)cc1. The van der Waals surface area contributed by atoms with E-state index in [-0.39, 0.29) is 0 Å². The molecule has 1 heterocycles. The van der Waals surface area contributed by atoms with Gasteiger partial charge in [-0.3, -0.25) is 4.90 Å². The van der Waals surface area contributed by atoms with Gasteiger partial charge in [-0.25, -0.2) is 0 Å². The van der Waals surface area contributed by atoms with Crippen LogP contribution >= 0.6 is 11.6 Å². The minimum atomic E-state index is 0.790. The number of rotatable bonds is 3. The molecule has 1 aliphatic rings. The third-order valence-electron chi connectivity index (χ3n) is 3.96. The molecule has 0 unspecified atom stereocenters. The van der Waals surface area contributed by atoms with Crippen LogP contribution in [0.2, 0.25) is 5.02 Å². The van der Waals surface area contributed by atoms with Crippen LogP contribution in [0.3, 0.4) is 0 Å². The second-order valence-corrected chi connectivity index (χ2v) is 5.98. The Kier molecular flexibility index (Phi) is 4.39. The van der Waals surface area contributed by atoms with Crippen molar-refractivity contribution in [3.05, 3.63) is 59.1 Å². The van der Waals surface area contributed by atoms with Gasteiger partial charge in [0.05, 0.1) is 0 Å². The zero-order chi connectivity index (χ0) is 13.8. The Bertz CT molecular complexity index is 556. The fourth-order valence-electron chi connectivity index (χ4n) is 2.87. The maximum Gasteiger partial charge on any atom is 0.0406 e. The third kappa shape index (κ3) is 3.41. The molecule has 0 radical (unpaired) electrons. The molecule has 1 saturated heterocycles. The fraction of sp³-hybridized carbons (Fsp3) is 0.333. The van der Waals surface area contributed by atoms with Gasteiger partial charge in [0.1, 0.15) is 0 Å². The Labute approximate surface area is 126 Å². The van der Waals surface area contributed by atoms with Gasteiger partial charge in [0.2, 0.25) is 0 Å². The van der Waals surface area contributed by atoms with E-state index in [1.165, 1.54) is 49.0 Å². The van der Waals surface area contributed by atoms with Gasteiger partial charge in [0.15, 0.2) is 0 Å². The summed E-state index contributed by atoms with van der Waals surface area (Å²) in [6, 6.07) is 16.9. The Hall–Kier alpha value is -1.31. The van der Waals surface area contributed by atoms with E-state index in [1.807, 2.05) is 12.1 Å². The molecule has 0 atom stereocenters. The van der Waals surface area contributed by atoms with Crippen molar-refractivity contribution in [2.24, 2.45) is 0 Å². The van der Waals surface area contributed by atoms with Crippen molar-refractivity contribution in [1.82, 2.24) is 4.90 Å². The molecule has 104 valence electrons. The van der Waals surface area contributed by atoms with Crippen LogP contribution in [-0.2, 0) is 6.54 Å². The van der Waals surface area contributed by atoms with Crippen LogP contribution in [0, 0.1) is 0 Å². The first-order valence-electron chi connectivity index (χ1n) is 7.38. The number of nitrogens with zero attached hydrogens (tertiary/aromatic N) is 1. The highest BCUT2D eigenvalue weighted by Gasteiger charge is 2.10. The average Bonchev–Trinajstić information content (AvgIpc) is 2.49. The average molecular weight is 286 g/mol. The lowest BCUT2D eigenvalue weighted by molar-refractivity contribution is 0.221. The van der Waals surface area contributed by atoms with Crippen molar-refractivity contribution in [1.29, 1.82) is 0 Å². The van der Waals surface area contributed by atoms with Crippen molar-refractivity contribution < 1.29 is 0 Å². The van der Waals surface area contributed by atoms with Gasteiger partial charge in [-0.2, -0.15) is 0 Å². The molecule has 1 fully saturated rings. The van der Waals surface area contributed by atoms with Crippen LogP contribution < -0.4 is 0 Å². The molecule has 0 saturated carbocycles. The number of benzene rings is 2. The Morgan fingerprint density at radius 1 is 0.850 bits per heavy atom. The summed E-state index contributed by atoms with van der Waals surface area (Å²) in [5, 5.41) is 0.790. The largest absolute Gasteiger partial charge is 0.299 e. The van der Waals surface area contributed by atoms with E-state index in [9.17, 15) is 0 Å². The molecule has 2 aromatic rings. The van der Waals surface area contributed by atoms with Crippen molar-refractivity contribution in [2.45, 2.75) is 25.8 Å². The van der Waals surface area contributed by atoms with Crippen LogP contribution in [0.15, 0.2) is 48.5 Å². The first-order chi connectivity index (χ1) is 9.81. The predicted molar refractivity (Wildman–Crippen MR) is 86.0 cm³/mol. The van der Waals surface area contributed by atoms with Crippen molar-refractivity contribution in [2.75, 3.05) is 13.1 Å². The van der Waals surface area contributed by atoms with Gasteiger partial charge in [0, 0.05) is 11.6 Å². The molecular weight excluding hydrogens is 266 g/mol. The van der Waals surface area contributed by atoms with Crippen LogP contribution in [0.25, 0.3) is 11.1 Å². The first kappa shape index (κ1) is 13.7. The fourth-order valence-corrected chi connectivity index (χ4v) is 2.99. The lowest BCUT2D eigenvalue weighted by Crippen LogP contribution is -2.29. The van der Waals surface area contributed by atoms with Gasteiger partial charge in [0.25, 0.3) is 0 Å². The summed E-state index contributed by atoms with van der Waals surface area (Å²) in [5.41, 5.74) is 3.91. The van der Waals surface area contributed by atoms with E-state index < -0.39 is 0 Å². The summed E-state index contributed by atoms with van der Waals surface area (Å²) in [6.45, 7) is 3.55. The Morgan fingerprint density at radius 2 is 1.60 bits per heavy atom. The zero-order valence-electron chi connectivity index (χ0n) is 11.7. The van der Waals surface area contributed by atoms with Crippen LogP contribution in [-0.4, -0.2) is 18.0 Å².